The van der Waals surface area contributed by atoms with Gasteiger partial charge in [0.15, 0.2) is 0 Å². The maximum Gasteiger partial charge on any atom is 0.222 e. The van der Waals surface area contributed by atoms with E-state index in [1.165, 1.54) is 20.2 Å². The predicted octanol–water partition coefficient (Wildman–Crippen LogP) is 7.80. The molecule has 5 heteroatoms. The summed E-state index contributed by atoms with van der Waals surface area (Å²) in [6.07, 6.45) is 0. The van der Waals surface area contributed by atoms with Crippen LogP contribution in [0.25, 0.3) is 31.3 Å². The number of hydrogen-bond donors (Lipinski definition) is 0. The van der Waals surface area contributed by atoms with E-state index in [4.69, 9.17) is 14.2 Å². The summed E-state index contributed by atoms with van der Waals surface area (Å²) in [6.45, 7) is 0. The van der Waals surface area contributed by atoms with E-state index in [0.717, 1.165) is 28.0 Å². The van der Waals surface area contributed by atoms with Crippen LogP contribution in [0, 0.1) is 0 Å². The number of halogens is 1. The largest absolute Gasteiger partial charge is 0.497 e. The molecule has 5 rings (SSSR count). The maximum atomic E-state index is 6.17. The first-order chi connectivity index (χ1) is 15.7. The zero-order valence-electron chi connectivity index (χ0n) is 18.7. The SMILES string of the molecule is Br.COc1ccc(C(OC)(OC)c2ccc3sc4ccccc4c3c2-c2ccccc2)cc1. The molecule has 0 N–H and O–H groups in total. The molecule has 0 atom stereocenters. The first kappa shape index (κ1) is 23.5. The number of ether oxygens (including phenoxy) is 3. The summed E-state index contributed by atoms with van der Waals surface area (Å²) >= 11 is 1.81. The fourth-order valence-electron chi connectivity index (χ4n) is 4.50. The normalized spacial score (nSPS) is 11.5. The van der Waals surface area contributed by atoms with Crippen LogP contribution in [0.1, 0.15) is 11.1 Å². The summed E-state index contributed by atoms with van der Waals surface area (Å²) in [7, 11) is 5.05. The highest BCUT2D eigenvalue weighted by molar-refractivity contribution is 8.93. The van der Waals surface area contributed by atoms with Crippen molar-refractivity contribution in [3.8, 4) is 16.9 Å². The van der Waals surface area contributed by atoms with Gasteiger partial charge in [-0.2, -0.15) is 0 Å². The minimum atomic E-state index is -1.07. The monoisotopic (exact) mass is 520 g/mol. The lowest BCUT2D eigenvalue weighted by atomic mass is 9.87. The fraction of sp³-hybridized carbons (Fsp3) is 0.143. The van der Waals surface area contributed by atoms with Gasteiger partial charge in [-0.3, -0.25) is 0 Å². The smallest absolute Gasteiger partial charge is 0.222 e. The Morgan fingerprint density at radius 3 is 2.00 bits per heavy atom. The van der Waals surface area contributed by atoms with Gasteiger partial charge in [-0.15, -0.1) is 28.3 Å². The first-order valence-corrected chi connectivity index (χ1v) is 11.3. The Balaban J connectivity index is 0.00000259. The number of fused-ring (bicyclic) bond motifs is 3. The van der Waals surface area contributed by atoms with E-state index in [1.807, 2.05) is 41.7 Å². The highest BCUT2D eigenvalue weighted by atomic mass is 79.9. The topological polar surface area (TPSA) is 27.7 Å². The molecular weight excluding hydrogens is 496 g/mol. The van der Waals surface area contributed by atoms with Crippen LogP contribution >= 0.6 is 28.3 Å². The van der Waals surface area contributed by atoms with Crippen LogP contribution in [-0.4, -0.2) is 21.3 Å². The third-order valence-electron chi connectivity index (χ3n) is 6.01. The second-order valence-electron chi connectivity index (χ2n) is 7.58. The molecule has 5 aromatic rings. The van der Waals surface area contributed by atoms with Crippen LogP contribution in [0.3, 0.4) is 0 Å². The van der Waals surface area contributed by atoms with Crippen molar-refractivity contribution >= 4 is 48.5 Å². The molecule has 3 nitrogen and oxygen atoms in total. The van der Waals surface area contributed by atoms with E-state index in [-0.39, 0.29) is 17.0 Å². The number of benzene rings is 4. The third-order valence-corrected chi connectivity index (χ3v) is 7.14. The van der Waals surface area contributed by atoms with Crippen molar-refractivity contribution in [2.45, 2.75) is 5.79 Å². The number of hydrogen-bond acceptors (Lipinski definition) is 4. The quantitative estimate of drug-likeness (QED) is 0.214. The molecule has 0 fully saturated rings. The maximum absolute atomic E-state index is 6.17. The Bertz CT molecular complexity index is 1370. The molecular formula is C28H25BrO3S. The van der Waals surface area contributed by atoms with Crippen molar-refractivity contribution in [2.75, 3.05) is 21.3 Å². The number of rotatable bonds is 6. The number of thiophene rings is 1. The van der Waals surface area contributed by atoms with Gasteiger partial charge in [0, 0.05) is 45.5 Å². The molecule has 33 heavy (non-hydrogen) atoms. The van der Waals surface area contributed by atoms with Gasteiger partial charge in [0.2, 0.25) is 5.79 Å². The van der Waals surface area contributed by atoms with Gasteiger partial charge in [-0.1, -0.05) is 54.6 Å². The Morgan fingerprint density at radius 2 is 1.33 bits per heavy atom. The van der Waals surface area contributed by atoms with Gasteiger partial charge in [0.05, 0.1) is 7.11 Å². The summed E-state index contributed by atoms with van der Waals surface area (Å²) in [6, 6.07) is 31.2. The minimum absolute atomic E-state index is 0. The van der Waals surface area contributed by atoms with E-state index >= 15 is 0 Å². The minimum Gasteiger partial charge on any atom is -0.497 e. The molecule has 1 heterocycles. The molecule has 0 aliphatic rings. The van der Waals surface area contributed by atoms with Crippen molar-refractivity contribution in [2.24, 2.45) is 0 Å². The van der Waals surface area contributed by atoms with E-state index < -0.39 is 5.79 Å². The third kappa shape index (κ3) is 3.85. The Hall–Kier alpha value is -2.70. The summed E-state index contributed by atoms with van der Waals surface area (Å²) in [4.78, 5) is 0. The average Bonchev–Trinajstić information content (AvgIpc) is 3.25. The fourth-order valence-corrected chi connectivity index (χ4v) is 5.61. The van der Waals surface area contributed by atoms with Crippen molar-refractivity contribution in [1.82, 2.24) is 0 Å². The zero-order chi connectivity index (χ0) is 22.1. The van der Waals surface area contributed by atoms with Crippen LogP contribution in [0.4, 0.5) is 0 Å². The molecule has 0 unspecified atom stereocenters. The average molecular weight is 521 g/mol. The van der Waals surface area contributed by atoms with Crippen LogP contribution in [0.15, 0.2) is 91.0 Å². The number of methoxy groups -OCH3 is 3. The van der Waals surface area contributed by atoms with Crippen molar-refractivity contribution in [3.05, 3.63) is 102 Å². The lowest BCUT2D eigenvalue weighted by Crippen LogP contribution is -2.33. The van der Waals surface area contributed by atoms with Crippen molar-refractivity contribution in [3.63, 3.8) is 0 Å². The van der Waals surface area contributed by atoms with E-state index in [9.17, 15) is 0 Å². The standard InChI is InChI=1S/C28H24O3S.BrH/c1-29-21-15-13-20(14-16-21)28(30-2,31-3)23-17-18-25-27(22-11-7-8-12-24(22)32-25)26(23)19-9-5-4-6-10-19;/h4-18H,1-3H3;1H. The van der Waals surface area contributed by atoms with E-state index in [2.05, 4.69) is 60.7 Å². The highest BCUT2D eigenvalue weighted by Gasteiger charge is 2.38. The van der Waals surface area contributed by atoms with Crippen LogP contribution in [0.5, 0.6) is 5.75 Å². The second kappa shape index (κ2) is 9.65. The Labute approximate surface area is 208 Å². The summed E-state index contributed by atoms with van der Waals surface area (Å²) in [5, 5.41) is 2.46. The molecule has 4 aromatic carbocycles. The Morgan fingerprint density at radius 1 is 0.667 bits per heavy atom. The molecule has 1 aromatic heterocycles. The van der Waals surface area contributed by atoms with E-state index in [1.54, 1.807) is 21.3 Å². The molecule has 0 radical (unpaired) electrons. The molecule has 0 aliphatic heterocycles. The van der Waals surface area contributed by atoms with Crippen LogP contribution in [0.2, 0.25) is 0 Å². The molecule has 0 aliphatic carbocycles. The highest BCUT2D eigenvalue weighted by Crippen LogP contribution is 2.47. The summed E-state index contributed by atoms with van der Waals surface area (Å²) in [5.74, 6) is -0.285. The summed E-state index contributed by atoms with van der Waals surface area (Å²) in [5.41, 5.74) is 4.12. The zero-order valence-corrected chi connectivity index (χ0v) is 21.2. The molecule has 0 saturated heterocycles. The van der Waals surface area contributed by atoms with E-state index in [0.29, 0.717) is 0 Å². The Kier molecular flexibility index (Phi) is 6.86. The predicted molar refractivity (Wildman–Crippen MR) is 143 cm³/mol. The van der Waals surface area contributed by atoms with Crippen molar-refractivity contribution in [1.29, 1.82) is 0 Å². The van der Waals surface area contributed by atoms with Gasteiger partial charge >= 0.3 is 0 Å². The lowest BCUT2D eigenvalue weighted by molar-refractivity contribution is -0.183. The van der Waals surface area contributed by atoms with Gasteiger partial charge in [0.1, 0.15) is 5.75 Å². The lowest BCUT2D eigenvalue weighted by Gasteiger charge is -2.34. The van der Waals surface area contributed by atoms with Gasteiger partial charge < -0.3 is 14.2 Å². The molecule has 0 saturated carbocycles. The van der Waals surface area contributed by atoms with Crippen molar-refractivity contribution < 1.29 is 14.2 Å². The van der Waals surface area contributed by atoms with Gasteiger partial charge in [-0.05, 0) is 47.5 Å². The summed E-state index contributed by atoms with van der Waals surface area (Å²) < 4.78 is 20.2. The van der Waals surface area contributed by atoms with Crippen LogP contribution < -0.4 is 4.74 Å². The van der Waals surface area contributed by atoms with Crippen LogP contribution in [-0.2, 0) is 15.3 Å². The first-order valence-electron chi connectivity index (χ1n) is 10.5. The molecule has 168 valence electrons. The molecule has 0 spiro atoms. The van der Waals surface area contributed by atoms with Gasteiger partial charge in [-0.25, -0.2) is 0 Å². The second-order valence-corrected chi connectivity index (χ2v) is 8.66. The molecule has 0 bridgehead atoms. The van der Waals surface area contributed by atoms with Gasteiger partial charge in [0.25, 0.3) is 0 Å². The molecule has 0 amide bonds.